The summed E-state index contributed by atoms with van der Waals surface area (Å²) < 4.78 is 11.2. The minimum absolute atomic E-state index is 0.191. The highest BCUT2D eigenvalue weighted by molar-refractivity contribution is 5.76. The van der Waals surface area contributed by atoms with Crippen molar-refractivity contribution in [2.24, 2.45) is 0 Å². The van der Waals surface area contributed by atoms with E-state index in [9.17, 15) is 30.3 Å². The third kappa shape index (κ3) is 40.7. The lowest BCUT2D eigenvalue weighted by Crippen LogP contribution is -2.60. The Bertz CT molecular complexity index is 1340. The monoisotopic (exact) mass is 998 g/mol. The SMILES string of the molecule is CCC/C=C/CC/C=C/CC/C=C/C(O)C(COC1OC(CO)C(O)C(O)C1O)NC(=O)CCCCCCCCCCCCCCCCCCCCCCCC/C=C\C/C=C\C/C=C\CCCCCCC. The van der Waals surface area contributed by atoms with Crippen LogP contribution in [0.15, 0.2) is 72.9 Å². The van der Waals surface area contributed by atoms with Gasteiger partial charge in [-0.05, 0) is 77.0 Å². The number of aliphatic hydroxyl groups is 5. The number of unbranched alkanes of at least 4 members (excludes halogenated alkanes) is 30. The molecule has 9 heteroatoms. The van der Waals surface area contributed by atoms with Gasteiger partial charge in [0.05, 0.1) is 25.4 Å². The molecule has 9 nitrogen and oxygen atoms in total. The van der Waals surface area contributed by atoms with Crippen LogP contribution in [0.2, 0.25) is 0 Å². The van der Waals surface area contributed by atoms with Gasteiger partial charge in [0.25, 0.3) is 0 Å². The van der Waals surface area contributed by atoms with E-state index in [1.54, 1.807) is 6.08 Å². The Morgan fingerprint density at radius 3 is 1.32 bits per heavy atom. The van der Waals surface area contributed by atoms with Crippen LogP contribution < -0.4 is 5.32 Å². The third-order valence-electron chi connectivity index (χ3n) is 13.7. The quantitative estimate of drug-likeness (QED) is 0.0261. The van der Waals surface area contributed by atoms with Crippen molar-refractivity contribution in [3.8, 4) is 0 Å². The number of aliphatic hydroxyl groups excluding tert-OH is 5. The number of rotatable bonds is 50. The lowest BCUT2D eigenvalue weighted by atomic mass is 9.99. The van der Waals surface area contributed by atoms with E-state index < -0.39 is 49.5 Å². The van der Waals surface area contributed by atoms with Crippen molar-refractivity contribution in [1.82, 2.24) is 5.32 Å². The van der Waals surface area contributed by atoms with Crippen LogP contribution in [-0.4, -0.2) is 87.5 Å². The lowest BCUT2D eigenvalue weighted by molar-refractivity contribution is -0.302. The molecule has 0 aliphatic carbocycles. The lowest BCUT2D eigenvalue weighted by Gasteiger charge is -2.40. The summed E-state index contributed by atoms with van der Waals surface area (Å²) in [6.07, 6.45) is 64.4. The zero-order valence-electron chi connectivity index (χ0n) is 45.7. The number of ether oxygens (including phenoxy) is 2. The van der Waals surface area contributed by atoms with Gasteiger partial charge >= 0.3 is 0 Å². The molecule has 1 fully saturated rings. The summed E-state index contributed by atoms with van der Waals surface area (Å²) in [6, 6.07) is -0.828. The van der Waals surface area contributed by atoms with Gasteiger partial charge in [0.15, 0.2) is 6.29 Å². The normalized spacial score (nSPS) is 19.8. The Kier molecular flexibility index (Phi) is 48.0. The molecular weight excluding hydrogens is 887 g/mol. The van der Waals surface area contributed by atoms with Gasteiger partial charge in [0.2, 0.25) is 5.91 Å². The smallest absolute Gasteiger partial charge is 0.220 e. The molecule has 412 valence electrons. The highest BCUT2D eigenvalue weighted by Crippen LogP contribution is 2.23. The topological polar surface area (TPSA) is 149 Å². The van der Waals surface area contributed by atoms with Gasteiger partial charge in [-0.25, -0.2) is 0 Å². The zero-order chi connectivity index (χ0) is 51.5. The van der Waals surface area contributed by atoms with Crippen LogP contribution in [0, 0.1) is 0 Å². The summed E-state index contributed by atoms with van der Waals surface area (Å²) in [7, 11) is 0. The summed E-state index contributed by atoms with van der Waals surface area (Å²) >= 11 is 0. The minimum atomic E-state index is -1.57. The number of hydrogen-bond donors (Lipinski definition) is 6. The molecule has 0 saturated carbocycles. The van der Waals surface area contributed by atoms with Crippen molar-refractivity contribution in [2.45, 2.75) is 301 Å². The first-order valence-electron chi connectivity index (χ1n) is 29.7. The molecule has 1 aliphatic heterocycles. The van der Waals surface area contributed by atoms with Crippen molar-refractivity contribution < 1.29 is 39.8 Å². The fraction of sp³-hybridized carbons (Fsp3) is 0.790. The summed E-state index contributed by atoms with van der Waals surface area (Å²) in [5.41, 5.74) is 0. The second-order valence-corrected chi connectivity index (χ2v) is 20.4. The van der Waals surface area contributed by atoms with Gasteiger partial charge in [0.1, 0.15) is 24.4 Å². The van der Waals surface area contributed by atoms with Gasteiger partial charge in [-0.3, -0.25) is 4.79 Å². The van der Waals surface area contributed by atoms with E-state index in [1.807, 2.05) is 6.08 Å². The van der Waals surface area contributed by atoms with Crippen molar-refractivity contribution in [3.63, 3.8) is 0 Å². The molecule has 0 aromatic heterocycles. The fourth-order valence-corrected chi connectivity index (χ4v) is 9.03. The number of amides is 1. The van der Waals surface area contributed by atoms with Crippen LogP contribution in [0.3, 0.4) is 0 Å². The summed E-state index contributed by atoms with van der Waals surface area (Å²) in [5, 5.41) is 54.3. The van der Waals surface area contributed by atoms with E-state index in [4.69, 9.17) is 9.47 Å². The first kappa shape index (κ1) is 66.6. The molecule has 1 heterocycles. The molecule has 6 N–H and O–H groups in total. The maximum Gasteiger partial charge on any atom is 0.220 e. The molecule has 1 rings (SSSR count). The van der Waals surface area contributed by atoms with Crippen LogP contribution in [0.5, 0.6) is 0 Å². The molecule has 0 aromatic rings. The number of carbonyl (C=O) groups is 1. The summed E-state index contributed by atoms with van der Waals surface area (Å²) in [5.74, 6) is -0.191. The average molecular weight is 999 g/mol. The van der Waals surface area contributed by atoms with E-state index in [2.05, 4.69) is 79.9 Å². The number of nitrogens with one attached hydrogen (secondary N) is 1. The number of hydrogen-bond acceptors (Lipinski definition) is 8. The van der Waals surface area contributed by atoms with Crippen molar-refractivity contribution in [3.05, 3.63) is 72.9 Å². The van der Waals surface area contributed by atoms with Crippen molar-refractivity contribution in [2.75, 3.05) is 13.2 Å². The number of allylic oxidation sites excluding steroid dienone is 11. The van der Waals surface area contributed by atoms with Crippen LogP contribution in [0.1, 0.15) is 258 Å². The Morgan fingerprint density at radius 1 is 0.479 bits per heavy atom. The fourth-order valence-electron chi connectivity index (χ4n) is 9.03. The van der Waals surface area contributed by atoms with E-state index in [0.717, 1.165) is 70.6 Å². The predicted octanol–water partition coefficient (Wildman–Crippen LogP) is 14.8. The van der Waals surface area contributed by atoms with Gasteiger partial charge in [-0.2, -0.15) is 0 Å². The van der Waals surface area contributed by atoms with E-state index in [-0.39, 0.29) is 12.5 Å². The molecule has 71 heavy (non-hydrogen) atoms. The first-order chi connectivity index (χ1) is 34.8. The molecule has 0 radical (unpaired) electrons. The van der Waals surface area contributed by atoms with Gasteiger partial charge in [-0.15, -0.1) is 0 Å². The van der Waals surface area contributed by atoms with Crippen molar-refractivity contribution >= 4 is 5.91 Å². The molecule has 0 spiro atoms. The predicted molar refractivity (Wildman–Crippen MR) is 299 cm³/mol. The maximum absolute atomic E-state index is 13.0. The molecule has 1 saturated heterocycles. The van der Waals surface area contributed by atoms with Crippen LogP contribution in [0.4, 0.5) is 0 Å². The number of carbonyl (C=O) groups excluding carboxylic acids is 1. The molecule has 7 atom stereocenters. The maximum atomic E-state index is 13.0. The van der Waals surface area contributed by atoms with E-state index >= 15 is 0 Å². The zero-order valence-corrected chi connectivity index (χ0v) is 45.7. The summed E-state index contributed by atoms with van der Waals surface area (Å²) in [4.78, 5) is 13.0. The molecule has 0 aromatic carbocycles. The third-order valence-corrected chi connectivity index (χ3v) is 13.7. The van der Waals surface area contributed by atoms with Crippen LogP contribution >= 0.6 is 0 Å². The second kappa shape index (κ2) is 51.1. The molecule has 0 bridgehead atoms. The Balaban J connectivity index is 2.06. The first-order valence-corrected chi connectivity index (χ1v) is 29.7. The average Bonchev–Trinajstić information content (AvgIpc) is 3.37. The second-order valence-electron chi connectivity index (χ2n) is 20.4. The standard InChI is InChI=1S/C62H111NO8/c1-3-5-7-9-11-13-15-16-17-18-19-20-21-22-23-24-25-26-27-28-29-30-31-32-33-34-35-36-37-38-39-40-42-44-46-48-50-52-58(66)63-55(54-70-62-61(69)60(68)59(67)57(53-64)71-62)56(65)51-49-47-45-43-41-14-12-10-8-6-4-2/h8,10,15-16,18-19,21-22,41,43,49,51,55-57,59-62,64-65,67-69H,3-7,9,11-14,17,20,23-40,42,44-48,50,52-54H2,1-2H3,(H,63,66)/b10-8+,16-15-,19-18-,22-21-,43-41+,51-49+. The van der Waals surface area contributed by atoms with Crippen molar-refractivity contribution in [1.29, 1.82) is 0 Å². The Hall–Kier alpha value is -2.37. The van der Waals surface area contributed by atoms with Gasteiger partial charge in [0, 0.05) is 6.42 Å². The molecular formula is C62H111NO8. The van der Waals surface area contributed by atoms with E-state index in [1.165, 1.54) is 167 Å². The largest absolute Gasteiger partial charge is 0.394 e. The Labute approximate surface area is 436 Å². The molecule has 7 unspecified atom stereocenters. The van der Waals surface area contributed by atoms with E-state index in [0.29, 0.717) is 6.42 Å². The van der Waals surface area contributed by atoms with Gasteiger partial charge in [-0.1, -0.05) is 247 Å². The molecule has 1 amide bonds. The molecule has 1 aliphatic rings. The Morgan fingerprint density at radius 2 is 0.873 bits per heavy atom. The van der Waals surface area contributed by atoms with Crippen LogP contribution in [-0.2, 0) is 14.3 Å². The highest BCUT2D eigenvalue weighted by Gasteiger charge is 2.44. The van der Waals surface area contributed by atoms with Crippen LogP contribution in [0.25, 0.3) is 0 Å². The van der Waals surface area contributed by atoms with Gasteiger partial charge < -0.3 is 40.3 Å². The highest BCUT2D eigenvalue weighted by atomic mass is 16.7. The minimum Gasteiger partial charge on any atom is -0.394 e. The summed E-state index contributed by atoms with van der Waals surface area (Å²) in [6.45, 7) is 3.67.